The Morgan fingerprint density at radius 1 is 1.30 bits per heavy atom. The van der Waals surface area contributed by atoms with Crippen molar-refractivity contribution in [1.29, 1.82) is 0 Å². The van der Waals surface area contributed by atoms with E-state index in [0.29, 0.717) is 6.54 Å². The molecular formula is C17H34IN3O2. The van der Waals surface area contributed by atoms with Crippen molar-refractivity contribution in [2.24, 2.45) is 4.99 Å². The molecule has 136 valence electrons. The van der Waals surface area contributed by atoms with Crippen LogP contribution in [0.25, 0.3) is 0 Å². The number of likely N-dealkylation sites (tertiary alicyclic amines) is 1. The van der Waals surface area contributed by atoms with Gasteiger partial charge >= 0.3 is 0 Å². The first-order valence-corrected chi connectivity index (χ1v) is 9.04. The third-order valence-electron chi connectivity index (χ3n) is 4.69. The predicted molar refractivity (Wildman–Crippen MR) is 106 cm³/mol. The maximum absolute atomic E-state index is 9.75. The second-order valence-electron chi connectivity index (χ2n) is 6.65. The van der Waals surface area contributed by atoms with Crippen molar-refractivity contribution in [2.45, 2.75) is 70.5 Å². The maximum Gasteiger partial charge on any atom is 0.194 e. The van der Waals surface area contributed by atoms with Crippen molar-refractivity contribution in [3.05, 3.63) is 0 Å². The van der Waals surface area contributed by atoms with Gasteiger partial charge in [-0.1, -0.05) is 26.2 Å². The molecule has 0 spiro atoms. The topological polar surface area (TPSA) is 57.1 Å². The molecule has 2 rings (SSSR count). The fourth-order valence-electron chi connectivity index (χ4n) is 3.44. The van der Waals surface area contributed by atoms with Crippen LogP contribution >= 0.6 is 24.0 Å². The maximum atomic E-state index is 9.75. The van der Waals surface area contributed by atoms with Crippen LogP contribution in [0.4, 0.5) is 0 Å². The normalized spacial score (nSPS) is 24.4. The van der Waals surface area contributed by atoms with Crippen LogP contribution in [0.1, 0.15) is 58.8 Å². The average molecular weight is 439 g/mol. The monoisotopic (exact) mass is 439 g/mol. The second kappa shape index (κ2) is 10.7. The van der Waals surface area contributed by atoms with E-state index < -0.39 is 0 Å². The van der Waals surface area contributed by atoms with E-state index in [-0.39, 0.29) is 35.7 Å². The summed E-state index contributed by atoms with van der Waals surface area (Å²) in [4.78, 5) is 7.05. The summed E-state index contributed by atoms with van der Waals surface area (Å²) >= 11 is 0. The van der Waals surface area contributed by atoms with Gasteiger partial charge in [0.1, 0.15) is 0 Å². The fourth-order valence-corrected chi connectivity index (χ4v) is 3.44. The van der Waals surface area contributed by atoms with Gasteiger partial charge in [-0.3, -0.25) is 4.99 Å². The molecular weight excluding hydrogens is 405 g/mol. The minimum absolute atomic E-state index is 0. The first kappa shape index (κ1) is 21.0. The molecule has 2 fully saturated rings. The lowest BCUT2D eigenvalue weighted by atomic mass is 9.84. The Hall–Kier alpha value is -0.0800. The van der Waals surface area contributed by atoms with Crippen molar-refractivity contribution in [2.75, 3.05) is 32.8 Å². The summed E-state index contributed by atoms with van der Waals surface area (Å²) in [5, 5.41) is 13.1. The summed E-state index contributed by atoms with van der Waals surface area (Å²) in [6.07, 6.45) is 7.74. The number of hydrogen-bond acceptors (Lipinski definition) is 3. The third kappa shape index (κ3) is 6.38. The lowest BCUT2D eigenvalue weighted by Crippen LogP contribution is -2.44. The van der Waals surface area contributed by atoms with Crippen molar-refractivity contribution in [3.8, 4) is 0 Å². The molecule has 2 aliphatic rings. The largest absolute Gasteiger partial charge is 0.391 e. The Labute approximate surface area is 158 Å². The summed E-state index contributed by atoms with van der Waals surface area (Å²) in [5.74, 6) is 0.934. The number of β-amino-alcohol motifs (C(OH)–C–C–N with tert-alkyl or cyclic N) is 1. The average Bonchev–Trinajstić information content (AvgIpc) is 2.97. The lowest BCUT2D eigenvalue weighted by molar-refractivity contribution is -0.0625. The molecule has 0 aromatic heterocycles. The van der Waals surface area contributed by atoms with Crippen LogP contribution in [0.3, 0.4) is 0 Å². The van der Waals surface area contributed by atoms with Gasteiger partial charge in [-0.25, -0.2) is 0 Å². The summed E-state index contributed by atoms with van der Waals surface area (Å²) in [6.45, 7) is 8.25. The number of hydrogen-bond donors (Lipinski definition) is 2. The molecule has 5 nitrogen and oxygen atoms in total. The van der Waals surface area contributed by atoms with Gasteiger partial charge in [0.15, 0.2) is 5.96 Å². The Morgan fingerprint density at radius 2 is 2.04 bits per heavy atom. The molecule has 1 saturated heterocycles. The van der Waals surface area contributed by atoms with Crippen LogP contribution in [0.2, 0.25) is 0 Å². The zero-order chi connectivity index (χ0) is 15.8. The summed E-state index contributed by atoms with van der Waals surface area (Å²) in [5.41, 5.74) is -0.0622. The SMILES string of the molecule is CCCOC1(CN=C(NCC)N2CC[C@@H](O)C2)CCCCC1.I. The highest BCUT2D eigenvalue weighted by molar-refractivity contribution is 14.0. The first-order valence-electron chi connectivity index (χ1n) is 9.04. The zero-order valence-corrected chi connectivity index (χ0v) is 17.1. The summed E-state index contributed by atoms with van der Waals surface area (Å²) in [6, 6.07) is 0. The van der Waals surface area contributed by atoms with Crippen LogP contribution in [-0.4, -0.2) is 60.5 Å². The number of halogens is 1. The van der Waals surface area contributed by atoms with Gasteiger partial charge < -0.3 is 20.1 Å². The van der Waals surface area contributed by atoms with Crippen molar-refractivity contribution >= 4 is 29.9 Å². The Kier molecular flexibility index (Phi) is 9.77. The van der Waals surface area contributed by atoms with Crippen LogP contribution in [0, 0.1) is 0 Å². The molecule has 1 atom stereocenters. The quantitative estimate of drug-likeness (QED) is 0.380. The smallest absolute Gasteiger partial charge is 0.194 e. The molecule has 6 heteroatoms. The number of aliphatic hydroxyl groups excluding tert-OH is 1. The number of aliphatic hydroxyl groups is 1. The number of ether oxygens (including phenoxy) is 1. The highest BCUT2D eigenvalue weighted by Crippen LogP contribution is 2.32. The van der Waals surface area contributed by atoms with Crippen molar-refractivity contribution < 1.29 is 9.84 Å². The van der Waals surface area contributed by atoms with Crippen LogP contribution in [-0.2, 0) is 4.74 Å². The molecule has 1 heterocycles. The molecule has 1 aliphatic heterocycles. The highest BCUT2D eigenvalue weighted by Gasteiger charge is 2.33. The molecule has 1 aliphatic carbocycles. The number of nitrogens with one attached hydrogen (secondary N) is 1. The molecule has 0 aromatic carbocycles. The third-order valence-corrected chi connectivity index (χ3v) is 4.69. The Bertz CT molecular complexity index is 360. The summed E-state index contributed by atoms with van der Waals surface area (Å²) < 4.78 is 6.23. The van der Waals surface area contributed by atoms with Gasteiger partial charge in [-0.15, -0.1) is 24.0 Å². The second-order valence-corrected chi connectivity index (χ2v) is 6.65. The first-order chi connectivity index (χ1) is 10.7. The fraction of sp³-hybridized carbons (Fsp3) is 0.941. The molecule has 2 N–H and O–H groups in total. The molecule has 0 unspecified atom stereocenters. The van der Waals surface area contributed by atoms with Gasteiger partial charge in [-0.2, -0.15) is 0 Å². The number of aliphatic imine (C=N–C) groups is 1. The van der Waals surface area contributed by atoms with E-state index in [9.17, 15) is 5.11 Å². The minimum Gasteiger partial charge on any atom is -0.391 e. The molecule has 0 aromatic rings. The van der Waals surface area contributed by atoms with Gasteiger partial charge in [0.05, 0.1) is 18.2 Å². The van der Waals surface area contributed by atoms with E-state index in [0.717, 1.165) is 57.9 Å². The van der Waals surface area contributed by atoms with Crippen LogP contribution in [0.5, 0.6) is 0 Å². The molecule has 0 bridgehead atoms. The summed E-state index contributed by atoms with van der Waals surface area (Å²) in [7, 11) is 0. The van der Waals surface area contributed by atoms with E-state index in [1.54, 1.807) is 0 Å². The van der Waals surface area contributed by atoms with E-state index in [2.05, 4.69) is 24.1 Å². The predicted octanol–water partition coefficient (Wildman–Crippen LogP) is 2.77. The van der Waals surface area contributed by atoms with Gasteiger partial charge in [0.25, 0.3) is 0 Å². The van der Waals surface area contributed by atoms with Crippen molar-refractivity contribution in [1.82, 2.24) is 10.2 Å². The van der Waals surface area contributed by atoms with Crippen LogP contribution < -0.4 is 5.32 Å². The highest BCUT2D eigenvalue weighted by atomic mass is 127. The standard InChI is InChI=1S/C17H33N3O2.HI/c1-3-12-22-17(9-6-5-7-10-17)14-19-16(18-4-2)20-11-8-15(21)13-20;/h15,21H,3-14H2,1-2H3,(H,18,19);1H/t15-;/m1./s1. The Balaban J connectivity index is 0.00000264. The number of nitrogens with zero attached hydrogens (tertiary/aromatic N) is 2. The number of rotatable bonds is 6. The van der Waals surface area contributed by atoms with E-state index in [1.165, 1.54) is 19.3 Å². The van der Waals surface area contributed by atoms with Gasteiger partial charge in [0.2, 0.25) is 0 Å². The minimum atomic E-state index is -0.219. The van der Waals surface area contributed by atoms with E-state index in [4.69, 9.17) is 9.73 Å². The van der Waals surface area contributed by atoms with Crippen LogP contribution in [0.15, 0.2) is 4.99 Å². The zero-order valence-electron chi connectivity index (χ0n) is 14.7. The van der Waals surface area contributed by atoms with E-state index in [1.807, 2.05) is 0 Å². The molecule has 23 heavy (non-hydrogen) atoms. The van der Waals surface area contributed by atoms with Crippen molar-refractivity contribution in [3.63, 3.8) is 0 Å². The number of guanidine groups is 1. The molecule has 1 saturated carbocycles. The van der Waals surface area contributed by atoms with Gasteiger partial charge in [0, 0.05) is 26.2 Å². The lowest BCUT2D eigenvalue weighted by Gasteiger charge is -2.36. The van der Waals surface area contributed by atoms with Gasteiger partial charge in [-0.05, 0) is 32.6 Å². The molecule has 0 amide bonds. The molecule has 0 radical (unpaired) electrons. The van der Waals surface area contributed by atoms with E-state index >= 15 is 0 Å². The Morgan fingerprint density at radius 3 is 2.61 bits per heavy atom.